The van der Waals surface area contributed by atoms with E-state index in [4.69, 9.17) is 4.98 Å². The number of carbonyl (C=O) groups is 1. The van der Waals surface area contributed by atoms with Gasteiger partial charge >= 0.3 is 0 Å². The van der Waals surface area contributed by atoms with Gasteiger partial charge in [-0.3, -0.25) is 14.2 Å². The number of fused-ring (bicyclic) bond motifs is 1. The Balaban J connectivity index is 1.91. The van der Waals surface area contributed by atoms with Gasteiger partial charge in [-0.25, -0.2) is 4.98 Å². The van der Waals surface area contributed by atoms with E-state index in [9.17, 15) is 9.59 Å². The number of hydrogen-bond acceptors (Lipinski definition) is 4. The number of para-hydroxylation sites is 1. The summed E-state index contributed by atoms with van der Waals surface area (Å²) >= 11 is 1.42. The summed E-state index contributed by atoms with van der Waals surface area (Å²) in [6.45, 7) is 8.84. The summed E-state index contributed by atoms with van der Waals surface area (Å²) in [7, 11) is 0. The van der Waals surface area contributed by atoms with Crippen LogP contribution in [0.15, 0.2) is 34.2 Å². The first kappa shape index (κ1) is 21.9. The number of hydrogen-bond donors (Lipinski definition) is 0. The van der Waals surface area contributed by atoms with E-state index < -0.39 is 0 Å². The molecule has 1 aromatic carbocycles. The minimum absolute atomic E-state index is 0.0215. The van der Waals surface area contributed by atoms with Crippen LogP contribution in [0.5, 0.6) is 0 Å². The van der Waals surface area contributed by atoms with Crippen molar-refractivity contribution in [3.8, 4) is 0 Å². The summed E-state index contributed by atoms with van der Waals surface area (Å²) in [6, 6.07) is 7.85. The Morgan fingerprint density at radius 1 is 1.21 bits per heavy atom. The van der Waals surface area contributed by atoms with Gasteiger partial charge in [0, 0.05) is 18.6 Å². The molecule has 29 heavy (non-hydrogen) atoms. The lowest BCUT2D eigenvalue weighted by Crippen LogP contribution is -2.44. The number of aromatic nitrogens is 2. The summed E-state index contributed by atoms with van der Waals surface area (Å²) in [5.74, 6) is 0.155. The van der Waals surface area contributed by atoms with Crippen LogP contribution in [0, 0.1) is 0 Å². The van der Waals surface area contributed by atoms with Gasteiger partial charge in [0.05, 0.1) is 16.2 Å². The van der Waals surface area contributed by atoms with Crippen molar-refractivity contribution in [1.29, 1.82) is 0 Å². The number of rotatable bonds is 7. The summed E-state index contributed by atoms with van der Waals surface area (Å²) in [5.41, 5.74) is 0.672. The molecule has 1 amide bonds. The molecule has 0 spiro atoms. The molecule has 5 nitrogen and oxygen atoms in total. The molecule has 0 radical (unpaired) electrons. The normalized spacial score (nSPS) is 17.2. The molecule has 6 heteroatoms. The van der Waals surface area contributed by atoms with E-state index in [0.29, 0.717) is 22.1 Å². The molecule has 1 aliphatic rings. The molecule has 2 aromatic rings. The zero-order chi connectivity index (χ0) is 21.0. The second-order valence-electron chi connectivity index (χ2n) is 8.02. The van der Waals surface area contributed by atoms with Gasteiger partial charge in [0.25, 0.3) is 5.56 Å². The third kappa shape index (κ3) is 4.68. The fraction of sp³-hybridized carbons (Fsp3) is 0.609. The number of thioether (sulfide) groups is 1. The Morgan fingerprint density at radius 2 is 1.90 bits per heavy atom. The molecule has 1 aromatic heterocycles. The van der Waals surface area contributed by atoms with Crippen LogP contribution in [0.4, 0.5) is 0 Å². The first-order chi connectivity index (χ1) is 14.0. The monoisotopic (exact) mass is 415 g/mol. The smallest absolute Gasteiger partial charge is 0.262 e. The minimum Gasteiger partial charge on any atom is -0.339 e. The van der Waals surface area contributed by atoms with Crippen LogP contribution < -0.4 is 5.56 Å². The predicted molar refractivity (Wildman–Crippen MR) is 121 cm³/mol. The topological polar surface area (TPSA) is 55.2 Å². The first-order valence-electron chi connectivity index (χ1n) is 11.0. The van der Waals surface area contributed by atoms with E-state index in [-0.39, 0.29) is 22.8 Å². The van der Waals surface area contributed by atoms with Crippen LogP contribution in [-0.4, -0.2) is 38.2 Å². The summed E-state index contributed by atoms with van der Waals surface area (Å²) in [6.07, 6.45) is 6.71. The summed E-state index contributed by atoms with van der Waals surface area (Å²) in [4.78, 5) is 33.2. The minimum atomic E-state index is -0.278. The number of benzene rings is 1. The standard InChI is InChI=1S/C23H33N3O2S/c1-5-16(3)26-22(28)19-14-10-11-15-20(19)24-23(26)29-17(4)21(27)25(6-2)18-12-8-7-9-13-18/h10-11,14-18H,5-9,12-13H2,1-4H3/t16-,17+/m0/s1. The van der Waals surface area contributed by atoms with Gasteiger partial charge in [-0.05, 0) is 52.2 Å². The highest BCUT2D eigenvalue weighted by Gasteiger charge is 2.29. The van der Waals surface area contributed by atoms with Crippen molar-refractivity contribution in [3.05, 3.63) is 34.6 Å². The highest BCUT2D eigenvalue weighted by molar-refractivity contribution is 8.00. The van der Waals surface area contributed by atoms with Crippen molar-refractivity contribution in [2.75, 3.05) is 6.54 Å². The number of carbonyl (C=O) groups excluding carboxylic acids is 1. The fourth-order valence-electron chi connectivity index (χ4n) is 4.21. The molecule has 2 atom stereocenters. The SMILES string of the molecule is CC[C@H](C)n1c(S[C@H](C)C(=O)N(CC)C2CCCCC2)nc2ccccc2c1=O. The third-order valence-electron chi connectivity index (χ3n) is 6.08. The maximum Gasteiger partial charge on any atom is 0.262 e. The summed E-state index contributed by atoms with van der Waals surface area (Å²) in [5, 5.41) is 0.998. The van der Waals surface area contributed by atoms with Gasteiger partial charge in [0.1, 0.15) is 0 Å². The zero-order valence-electron chi connectivity index (χ0n) is 18.1. The molecule has 0 saturated heterocycles. The van der Waals surface area contributed by atoms with Crippen LogP contribution in [0.3, 0.4) is 0 Å². The maximum absolute atomic E-state index is 13.3. The Hall–Kier alpha value is -1.82. The highest BCUT2D eigenvalue weighted by Crippen LogP contribution is 2.29. The van der Waals surface area contributed by atoms with Gasteiger partial charge in [0.15, 0.2) is 5.16 Å². The molecule has 1 heterocycles. The molecule has 1 saturated carbocycles. The Labute approximate surface area is 177 Å². The molecular weight excluding hydrogens is 382 g/mol. The van der Waals surface area contributed by atoms with Crippen molar-refractivity contribution in [2.45, 2.75) is 88.7 Å². The molecule has 0 aliphatic heterocycles. The van der Waals surface area contributed by atoms with Crippen LogP contribution >= 0.6 is 11.8 Å². The molecule has 0 N–H and O–H groups in total. The predicted octanol–water partition coefficient (Wildman–Crippen LogP) is 5.03. The van der Waals surface area contributed by atoms with E-state index in [1.54, 1.807) is 4.57 Å². The Morgan fingerprint density at radius 3 is 2.55 bits per heavy atom. The zero-order valence-corrected chi connectivity index (χ0v) is 18.9. The molecule has 0 unspecified atom stereocenters. The fourth-order valence-corrected chi connectivity index (χ4v) is 5.29. The summed E-state index contributed by atoms with van der Waals surface area (Å²) < 4.78 is 1.77. The van der Waals surface area contributed by atoms with Crippen LogP contribution in [0.1, 0.15) is 72.3 Å². The molecular formula is C23H33N3O2S. The maximum atomic E-state index is 13.3. The number of nitrogens with zero attached hydrogens (tertiary/aromatic N) is 3. The largest absolute Gasteiger partial charge is 0.339 e. The van der Waals surface area contributed by atoms with E-state index >= 15 is 0 Å². The molecule has 3 rings (SSSR count). The van der Waals surface area contributed by atoms with Crippen LogP contribution in [0.25, 0.3) is 10.9 Å². The average Bonchev–Trinajstić information content (AvgIpc) is 2.74. The number of amides is 1. The highest BCUT2D eigenvalue weighted by atomic mass is 32.2. The van der Waals surface area contributed by atoms with Crippen molar-refractivity contribution in [1.82, 2.24) is 14.5 Å². The lowest BCUT2D eigenvalue weighted by atomic mass is 9.94. The van der Waals surface area contributed by atoms with Crippen LogP contribution in [0.2, 0.25) is 0 Å². The van der Waals surface area contributed by atoms with Crippen molar-refractivity contribution >= 4 is 28.6 Å². The molecule has 158 valence electrons. The van der Waals surface area contributed by atoms with Crippen molar-refractivity contribution < 1.29 is 4.79 Å². The van der Waals surface area contributed by atoms with Crippen molar-refractivity contribution in [3.63, 3.8) is 0 Å². The van der Waals surface area contributed by atoms with Crippen molar-refractivity contribution in [2.24, 2.45) is 0 Å². The Bertz CT molecular complexity index is 905. The van der Waals surface area contributed by atoms with Gasteiger partial charge in [0.2, 0.25) is 5.91 Å². The quantitative estimate of drug-likeness (QED) is 0.470. The lowest BCUT2D eigenvalue weighted by Gasteiger charge is -2.35. The molecule has 0 bridgehead atoms. The average molecular weight is 416 g/mol. The lowest BCUT2D eigenvalue weighted by molar-refractivity contribution is -0.133. The van der Waals surface area contributed by atoms with Crippen LogP contribution in [-0.2, 0) is 4.79 Å². The second kappa shape index (κ2) is 9.79. The molecule has 1 fully saturated rings. The third-order valence-corrected chi connectivity index (χ3v) is 7.13. The van der Waals surface area contributed by atoms with E-state index in [1.165, 1.54) is 31.0 Å². The van der Waals surface area contributed by atoms with Gasteiger partial charge in [-0.15, -0.1) is 0 Å². The molecule has 1 aliphatic carbocycles. The van der Waals surface area contributed by atoms with E-state index in [1.807, 2.05) is 43.0 Å². The van der Waals surface area contributed by atoms with Gasteiger partial charge < -0.3 is 4.90 Å². The van der Waals surface area contributed by atoms with E-state index in [2.05, 4.69) is 13.8 Å². The second-order valence-corrected chi connectivity index (χ2v) is 9.33. The van der Waals surface area contributed by atoms with Gasteiger partial charge in [-0.2, -0.15) is 0 Å². The van der Waals surface area contributed by atoms with Gasteiger partial charge in [-0.1, -0.05) is 50.1 Å². The first-order valence-corrected chi connectivity index (χ1v) is 11.8. The Kier molecular flexibility index (Phi) is 7.38. The van der Waals surface area contributed by atoms with E-state index in [0.717, 1.165) is 25.8 Å².